The van der Waals surface area contributed by atoms with E-state index in [1.807, 2.05) is 12.1 Å². The van der Waals surface area contributed by atoms with Gasteiger partial charge >= 0.3 is 0 Å². The summed E-state index contributed by atoms with van der Waals surface area (Å²) in [5.41, 5.74) is 0. The summed E-state index contributed by atoms with van der Waals surface area (Å²) in [5, 5.41) is 3.81. The lowest BCUT2D eigenvalue weighted by molar-refractivity contribution is -0.116. The number of nitrogens with one attached hydrogen (secondary N) is 1. The molecule has 0 saturated carbocycles. The molecule has 0 aliphatic carbocycles. The lowest BCUT2D eigenvalue weighted by atomic mass is 10.3. The minimum atomic E-state index is -0.106. The highest BCUT2D eigenvalue weighted by atomic mass is 35.5. The van der Waals surface area contributed by atoms with Crippen molar-refractivity contribution < 1.29 is 9.53 Å². The summed E-state index contributed by atoms with van der Waals surface area (Å²) in [5.74, 6) is 0.593. The molecule has 0 bridgehead atoms. The minimum absolute atomic E-state index is 0.106. The van der Waals surface area contributed by atoms with E-state index in [4.69, 9.17) is 27.9 Å². The van der Waals surface area contributed by atoms with Gasteiger partial charge in [-0.25, -0.2) is 4.98 Å². The molecule has 7 heteroatoms. The summed E-state index contributed by atoms with van der Waals surface area (Å²) < 4.78 is 6.04. The van der Waals surface area contributed by atoms with Crippen molar-refractivity contribution in [3.63, 3.8) is 0 Å². The molecule has 4 nitrogen and oxygen atoms in total. The number of nitrogens with zero attached hydrogens (tertiary/aromatic N) is 1. The van der Waals surface area contributed by atoms with Crippen LogP contribution >= 0.6 is 34.5 Å². The van der Waals surface area contributed by atoms with E-state index in [0.29, 0.717) is 39.7 Å². The summed E-state index contributed by atoms with van der Waals surface area (Å²) >= 11 is 12.8. The maximum Gasteiger partial charge on any atom is 0.226 e. The Hall–Kier alpha value is -1.30. The third-order valence-electron chi connectivity index (χ3n) is 2.34. The molecule has 0 spiro atoms. The van der Waals surface area contributed by atoms with Gasteiger partial charge in [0.25, 0.3) is 0 Å². The van der Waals surface area contributed by atoms with E-state index in [-0.39, 0.29) is 5.91 Å². The van der Waals surface area contributed by atoms with Crippen molar-refractivity contribution in [1.82, 2.24) is 4.98 Å². The number of rotatable bonds is 6. The average Bonchev–Trinajstić information content (AvgIpc) is 2.80. The number of aromatic nitrogens is 1. The number of amides is 1. The van der Waals surface area contributed by atoms with Crippen LogP contribution in [-0.2, 0) is 4.79 Å². The number of ether oxygens (including phenoxy) is 1. The highest BCUT2D eigenvalue weighted by molar-refractivity contribution is 7.19. The van der Waals surface area contributed by atoms with Crippen LogP contribution in [-0.4, -0.2) is 17.5 Å². The summed E-state index contributed by atoms with van der Waals surface area (Å²) in [6.45, 7) is 0.451. The molecular formula is C13H12Cl2N2O2S. The monoisotopic (exact) mass is 330 g/mol. The normalized spacial score (nSPS) is 10.3. The molecule has 0 aliphatic rings. The highest BCUT2D eigenvalue weighted by Crippen LogP contribution is 2.22. The van der Waals surface area contributed by atoms with Crippen LogP contribution in [0.1, 0.15) is 12.8 Å². The Morgan fingerprint density at radius 2 is 2.25 bits per heavy atom. The van der Waals surface area contributed by atoms with Gasteiger partial charge in [-0.1, -0.05) is 40.6 Å². The molecular weight excluding hydrogens is 319 g/mol. The Balaban J connectivity index is 1.67. The number of carbonyl (C=O) groups excluding carboxylic acids is 1. The van der Waals surface area contributed by atoms with E-state index in [1.54, 1.807) is 12.1 Å². The maximum absolute atomic E-state index is 11.6. The van der Waals surface area contributed by atoms with Gasteiger partial charge in [0.2, 0.25) is 5.91 Å². The Kier molecular flexibility index (Phi) is 5.64. The first-order valence-corrected chi connectivity index (χ1v) is 7.50. The Morgan fingerprint density at radius 1 is 1.40 bits per heavy atom. The van der Waals surface area contributed by atoms with E-state index in [1.165, 1.54) is 17.5 Å². The molecule has 1 amide bonds. The third kappa shape index (κ3) is 5.00. The van der Waals surface area contributed by atoms with Gasteiger partial charge in [0, 0.05) is 11.4 Å². The van der Waals surface area contributed by atoms with Gasteiger partial charge in [0.15, 0.2) is 5.13 Å². The lowest BCUT2D eigenvalue weighted by Crippen LogP contribution is -2.12. The Morgan fingerprint density at radius 3 is 2.95 bits per heavy atom. The van der Waals surface area contributed by atoms with Gasteiger partial charge in [0.1, 0.15) is 10.1 Å². The van der Waals surface area contributed by atoms with Crippen LogP contribution in [0.25, 0.3) is 0 Å². The number of hydrogen-bond donors (Lipinski definition) is 1. The quantitative estimate of drug-likeness (QED) is 0.805. The van der Waals surface area contributed by atoms with E-state index in [0.717, 1.165) is 0 Å². The van der Waals surface area contributed by atoms with Crippen molar-refractivity contribution in [3.05, 3.63) is 39.8 Å². The molecule has 106 valence electrons. The van der Waals surface area contributed by atoms with Crippen molar-refractivity contribution >= 4 is 45.6 Å². The molecule has 0 radical (unpaired) electrons. The number of benzene rings is 1. The zero-order valence-electron chi connectivity index (χ0n) is 10.4. The molecule has 0 unspecified atom stereocenters. The van der Waals surface area contributed by atoms with E-state index in [9.17, 15) is 4.79 Å². The van der Waals surface area contributed by atoms with Crippen LogP contribution in [0, 0.1) is 0 Å². The van der Waals surface area contributed by atoms with Crippen LogP contribution in [0.2, 0.25) is 9.36 Å². The molecule has 1 aromatic carbocycles. The number of hydrogen-bond acceptors (Lipinski definition) is 4. The molecule has 2 rings (SSSR count). The minimum Gasteiger partial charge on any atom is -0.494 e. The number of carbonyl (C=O) groups is 1. The van der Waals surface area contributed by atoms with Crippen LogP contribution in [0.15, 0.2) is 30.5 Å². The Labute approximate surface area is 130 Å². The molecule has 1 N–H and O–H groups in total. The SMILES string of the molecule is O=C(CCCOc1cccc(Cl)c1)Nc1ncc(Cl)s1. The average molecular weight is 331 g/mol. The molecule has 1 heterocycles. The first-order valence-electron chi connectivity index (χ1n) is 5.93. The number of anilines is 1. The van der Waals surface area contributed by atoms with Crippen molar-refractivity contribution in [2.45, 2.75) is 12.8 Å². The second kappa shape index (κ2) is 7.47. The fraction of sp³-hybridized carbons (Fsp3) is 0.231. The summed E-state index contributed by atoms with van der Waals surface area (Å²) in [4.78, 5) is 15.6. The van der Waals surface area contributed by atoms with Gasteiger partial charge in [-0.15, -0.1) is 0 Å². The Bertz CT molecular complexity index is 589. The predicted octanol–water partition coefficient (Wildman–Crippen LogP) is 4.25. The first kappa shape index (κ1) is 15.1. The smallest absolute Gasteiger partial charge is 0.226 e. The van der Waals surface area contributed by atoms with Crippen molar-refractivity contribution in [1.29, 1.82) is 0 Å². The third-order valence-corrected chi connectivity index (χ3v) is 3.60. The standard InChI is InChI=1S/C13H12Cl2N2O2S/c14-9-3-1-4-10(7-9)19-6-2-5-12(18)17-13-16-8-11(15)20-13/h1,3-4,7-8H,2,5-6H2,(H,16,17,18). The van der Waals surface area contributed by atoms with Gasteiger partial charge in [0.05, 0.1) is 12.8 Å². The molecule has 1 aromatic heterocycles. The zero-order chi connectivity index (χ0) is 14.4. The van der Waals surface area contributed by atoms with Crippen molar-refractivity contribution in [2.24, 2.45) is 0 Å². The highest BCUT2D eigenvalue weighted by Gasteiger charge is 2.06. The van der Waals surface area contributed by atoms with Crippen molar-refractivity contribution in [2.75, 3.05) is 11.9 Å². The zero-order valence-corrected chi connectivity index (χ0v) is 12.8. The molecule has 2 aromatic rings. The fourth-order valence-electron chi connectivity index (χ4n) is 1.47. The summed E-state index contributed by atoms with van der Waals surface area (Å²) in [6, 6.07) is 7.15. The summed E-state index contributed by atoms with van der Waals surface area (Å²) in [7, 11) is 0. The molecule has 0 saturated heterocycles. The maximum atomic E-state index is 11.6. The van der Waals surface area contributed by atoms with Crippen LogP contribution < -0.4 is 10.1 Å². The van der Waals surface area contributed by atoms with E-state index in [2.05, 4.69) is 10.3 Å². The topological polar surface area (TPSA) is 51.2 Å². The van der Waals surface area contributed by atoms with Gasteiger partial charge in [-0.3, -0.25) is 4.79 Å². The summed E-state index contributed by atoms with van der Waals surface area (Å²) in [6.07, 6.45) is 2.47. The molecule has 0 fully saturated rings. The second-order valence-electron chi connectivity index (χ2n) is 3.93. The first-order chi connectivity index (χ1) is 9.63. The predicted molar refractivity (Wildman–Crippen MR) is 81.9 cm³/mol. The lowest BCUT2D eigenvalue weighted by Gasteiger charge is -2.06. The molecule has 0 aliphatic heterocycles. The van der Waals surface area contributed by atoms with Crippen molar-refractivity contribution in [3.8, 4) is 5.75 Å². The fourth-order valence-corrected chi connectivity index (χ4v) is 2.48. The van der Waals surface area contributed by atoms with Crippen LogP contribution in [0.4, 0.5) is 5.13 Å². The van der Waals surface area contributed by atoms with Crippen LogP contribution in [0.3, 0.4) is 0 Å². The van der Waals surface area contributed by atoms with Gasteiger partial charge in [-0.05, 0) is 24.6 Å². The van der Waals surface area contributed by atoms with Crippen LogP contribution in [0.5, 0.6) is 5.75 Å². The van der Waals surface area contributed by atoms with E-state index >= 15 is 0 Å². The van der Waals surface area contributed by atoms with E-state index < -0.39 is 0 Å². The van der Waals surface area contributed by atoms with Gasteiger partial charge < -0.3 is 10.1 Å². The second-order valence-corrected chi connectivity index (χ2v) is 6.03. The van der Waals surface area contributed by atoms with Gasteiger partial charge in [-0.2, -0.15) is 0 Å². The number of halogens is 2. The molecule has 20 heavy (non-hydrogen) atoms. The molecule has 0 atom stereocenters. The largest absolute Gasteiger partial charge is 0.494 e. The number of thiazole rings is 1.